The Hall–Kier alpha value is -4.78. The number of alkyl halides is 12. The second-order valence-corrected chi connectivity index (χ2v) is 10.8. The zero-order chi connectivity index (χ0) is 42.2. The minimum atomic E-state index is -5.08. The van der Waals surface area contributed by atoms with Crippen LogP contribution < -0.4 is 0 Å². The second-order valence-electron chi connectivity index (χ2n) is 10.8. The Morgan fingerprint density at radius 3 is 1.52 bits per heavy atom. The van der Waals surface area contributed by atoms with Gasteiger partial charge in [-0.15, -0.1) is 0 Å². The van der Waals surface area contributed by atoms with Gasteiger partial charge in [0, 0.05) is 69.9 Å². The molecular formula is C29H32F12N4O9. The summed E-state index contributed by atoms with van der Waals surface area (Å²) < 4.78 is 133. The summed E-state index contributed by atoms with van der Waals surface area (Å²) in [5.74, 6) is -10.5. The zero-order valence-corrected chi connectivity index (χ0v) is 27.7. The third-order valence-electron chi connectivity index (χ3n) is 6.80. The van der Waals surface area contributed by atoms with Crippen LogP contribution >= 0.6 is 0 Å². The maximum absolute atomic E-state index is 10.6. The van der Waals surface area contributed by atoms with Crippen molar-refractivity contribution in [2.45, 2.75) is 63.3 Å². The first-order valence-electron chi connectivity index (χ1n) is 14.5. The SMILES string of the molecule is CO[C@H]1CCN(Cc2cccc(C)n2)[C@@H]2CN(Cc3ccncc3)C[C@H]12.O=C(O)C(F)(F)F.O=C(O)C(F)(F)F.O=C(O)C(F)(F)F.O=C(O)C(F)(F)F. The van der Waals surface area contributed by atoms with Gasteiger partial charge in [0.2, 0.25) is 0 Å². The maximum atomic E-state index is 10.6. The number of fused-ring (bicyclic) bond motifs is 1. The summed E-state index contributed by atoms with van der Waals surface area (Å²) in [4.78, 5) is 49.6. The van der Waals surface area contributed by atoms with Crippen LogP contribution in [0, 0.1) is 12.8 Å². The minimum absolute atomic E-state index is 0.365. The van der Waals surface area contributed by atoms with E-state index in [0.29, 0.717) is 18.1 Å². The van der Waals surface area contributed by atoms with Crippen LogP contribution in [0.2, 0.25) is 0 Å². The second kappa shape index (κ2) is 21.2. The number of nitrogens with zero attached hydrogens (tertiary/aromatic N) is 4. The number of hydrogen-bond acceptors (Lipinski definition) is 9. The predicted molar refractivity (Wildman–Crippen MR) is 156 cm³/mol. The smallest absolute Gasteiger partial charge is 0.475 e. The number of carboxylic acids is 4. The Kier molecular flexibility index (Phi) is 19.3. The fourth-order valence-corrected chi connectivity index (χ4v) is 4.58. The molecule has 0 bridgehead atoms. The van der Waals surface area contributed by atoms with Crippen molar-refractivity contribution in [3.63, 3.8) is 0 Å². The number of carboxylic acid groups (broad SMARTS) is 4. The summed E-state index contributed by atoms with van der Waals surface area (Å²) in [5.41, 5.74) is 3.60. The van der Waals surface area contributed by atoms with Crippen LogP contribution in [0.4, 0.5) is 52.7 Å². The average molecular weight is 809 g/mol. The Labute approximate surface area is 296 Å². The van der Waals surface area contributed by atoms with Crippen molar-refractivity contribution in [3.05, 3.63) is 59.7 Å². The number of rotatable bonds is 5. The number of methoxy groups -OCH3 is 1. The lowest BCUT2D eigenvalue weighted by atomic mass is 9.89. The topological polar surface area (TPSA) is 191 Å². The first-order valence-corrected chi connectivity index (χ1v) is 14.5. The van der Waals surface area contributed by atoms with Gasteiger partial charge in [-0.3, -0.25) is 19.8 Å². The predicted octanol–water partition coefficient (Wildman–Crippen LogP) is 5.04. The quantitative estimate of drug-likeness (QED) is 0.294. The van der Waals surface area contributed by atoms with Gasteiger partial charge in [0.25, 0.3) is 0 Å². The van der Waals surface area contributed by atoms with Gasteiger partial charge in [-0.1, -0.05) is 6.07 Å². The Morgan fingerprint density at radius 2 is 1.15 bits per heavy atom. The highest BCUT2D eigenvalue weighted by Gasteiger charge is 2.44. The fourth-order valence-electron chi connectivity index (χ4n) is 4.58. The van der Waals surface area contributed by atoms with Crippen LogP contribution in [0.15, 0.2) is 42.7 Å². The number of ether oxygens (including phenoxy) is 1. The number of aryl methyl sites for hydroxylation is 1. The molecular weight excluding hydrogens is 776 g/mol. The number of piperidine rings is 1. The molecule has 0 aromatic carbocycles. The number of aromatic nitrogens is 2. The van der Waals surface area contributed by atoms with E-state index in [-0.39, 0.29) is 0 Å². The van der Waals surface area contributed by atoms with E-state index in [1.54, 1.807) is 0 Å². The summed E-state index contributed by atoms with van der Waals surface area (Å²) in [7, 11) is 1.87. The number of likely N-dealkylation sites (tertiary alicyclic amines) is 2. The van der Waals surface area contributed by atoms with Crippen LogP contribution in [0.25, 0.3) is 0 Å². The molecule has 0 radical (unpaired) electrons. The minimum Gasteiger partial charge on any atom is -0.475 e. The van der Waals surface area contributed by atoms with E-state index in [4.69, 9.17) is 49.3 Å². The van der Waals surface area contributed by atoms with E-state index in [9.17, 15) is 52.7 Å². The van der Waals surface area contributed by atoms with Crippen molar-refractivity contribution in [2.75, 3.05) is 26.7 Å². The van der Waals surface area contributed by atoms with Gasteiger partial charge in [-0.25, -0.2) is 19.2 Å². The summed E-state index contributed by atoms with van der Waals surface area (Å²) in [5, 5.41) is 28.5. The molecule has 0 unspecified atom stereocenters. The number of pyridine rings is 2. The first kappa shape index (κ1) is 49.2. The fraction of sp³-hybridized carbons (Fsp3) is 0.517. The van der Waals surface area contributed by atoms with E-state index in [1.807, 2.05) is 19.5 Å². The van der Waals surface area contributed by atoms with Gasteiger partial charge < -0.3 is 25.2 Å². The van der Waals surface area contributed by atoms with E-state index in [0.717, 1.165) is 44.8 Å². The first-order chi connectivity index (χ1) is 24.5. The van der Waals surface area contributed by atoms with Crippen molar-refractivity contribution in [2.24, 2.45) is 5.92 Å². The molecule has 3 atom stereocenters. The lowest BCUT2D eigenvalue weighted by Gasteiger charge is -2.41. The molecule has 54 heavy (non-hydrogen) atoms. The van der Waals surface area contributed by atoms with E-state index in [1.165, 1.54) is 11.3 Å². The van der Waals surface area contributed by atoms with Crippen LogP contribution in [-0.4, -0.2) is 128 Å². The number of hydrogen-bond donors (Lipinski definition) is 4. The average Bonchev–Trinajstić information content (AvgIpc) is 3.45. The van der Waals surface area contributed by atoms with Gasteiger partial charge in [-0.2, -0.15) is 52.7 Å². The maximum Gasteiger partial charge on any atom is 0.490 e. The molecule has 4 N–H and O–H groups in total. The molecule has 306 valence electrons. The van der Waals surface area contributed by atoms with Crippen molar-refractivity contribution < 1.29 is 97.0 Å². The highest BCUT2D eigenvalue weighted by Crippen LogP contribution is 2.34. The number of aliphatic carboxylic acids is 4. The highest BCUT2D eigenvalue weighted by molar-refractivity contribution is 5.74. The number of halogens is 12. The molecule has 25 heteroatoms. The van der Waals surface area contributed by atoms with Gasteiger partial charge >= 0.3 is 48.6 Å². The Morgan fingerprint density at radius 1 is 0.722 bits per heavy atom. The Bertz CT molecular complexity index is 1400. The molecule has 2 saturated heterocycles. The van der Waals surface area contributed by atoms with E-state index < -0.39 is 48.6 Å². The molecule has 0 spiro atoms. The standard InChI is InChI=1S/C21H28N4O.4C2HF3O2/c1-16-4-3-5-18(23-16)13-25-11-8-21(26-2)19-14-24(15-20(19)25)12-17-6-9-22-10-7-17;4*3-2(4,5)1(6)7/h3-7,9-10,19-21H,8,11-15H2,1-2H3;4*(H,6,7)/t19-,20+,21-;;;;/m0..../s1. The van der Waals surface area contributed by atoms with Crippen LogP contribution in [0.1, 0.15) is 23.4 Å². The third-order valence-corrected chi connectivity index (χ3v) is 6.80. The molecule has 0 aliphatic carbocycles. The van der Waals surface area contributed by atoms with Gasteiger partial charge in [0.15, 0.2) is 0 Å². The van der Waals surface area contributed by atoms with Gasteiger partial charge in [0.05, 0.1) is 11.8 Å². The zero-order valence-electron chi connectivity index (χ0n) is 27.7. The molecule has 2 aliphatic heterocycles. The van der Waals surface area contributed by atoms with Crippen molar-refractivity contribution in [1.82, 2.24) is 19.8 Å². The highest BCUT2D eigenvalue weighted by atomic mass is 19.4. The summed E-state index contributed by atoms with van der Waals surface area (Å²) in [6.45, 7) is 7.26. The lowest BCUT2D eigenvalue weighted by Crippen LogP contribution is -2.50. The lowest BCUT2D eigenvalue weighted by molar-refractivity contribution is -0.193. The van der Waals surface area contributed by atoms with E-state index >= 15 is 0 Å². The third kappa shape index (κ3) is 19.3. The number of carbonyl (C=O) groups is 4. The molecule has 0 amide bonds. The molecule has 13 nitrogen and oxygen atoms in total. The molecule has 0 saturated carbocycles. The Balaban J connectivity index is 0.000000820. The van der Waals surface area contributed by atoms with Crippen LogP contribution in [0.5, 0.6) is 0 Å². The molecule has 2 aromatic rings. The van der Waals surface area contributed by atoms with Crippen molar-refractivity contribution in [3.8, 4) is 0 Å². The van der Waals surface area contributed by atoms with Gasteiger partial charge in [-0.05, 0) is 43.2 Å². The normalized spacial score (nSPS) is 18.7. The summed E-state index contributed by atoms with van der Waals surface area (Å²) in [6, 6.07) is 11.1. The largest absolute Gasteiger partial charge is 0.490 e. The van der Waals surface area contributed by atoms with Crippen molar-refractivity contribution >= 4 is 23.9 Å². The molecule has 2 aromatic heterocycles. The summed E-state index contributed by atoms with van der Waals surface area (Å²) in [6.07, 6.45) is -15.1. The molecule has 4 rings (SSSR count). The molecule has 2 fully saturated rings. The van der Waals surface area contributed by atoms with Gasteiger partial charge in [0.1, 0.15) is 0 Å². The van der Waals surface area contributed by atoms with E-state index in [2.05, 4.69) is 52.0 Å². The monoisotopic (exact) mass is 808 g/mol. The summed E-state index contributed by atoms with van der Waals surface area (Å²) >= 11 is 0. The van der Waals surface area contributed by atoms with Crippen LogP contribution in [-0.2, 0) is 37.0 Å². The molecule has 4 heterocycles. The molecule has 2 aliphatic rings. The van der Waals surface area contributed by atoms with Crippen LogP contribution in [0.3, 0.4) is 0 Å². The van der Waals surface area contributed by atoms with Crippen molar-refractivity contribution in [1.29, 1.82) is 0 Å².